The van der Waals surface area contributed by atoms with E-state index in [9.17, 15) is 18.0 Å². The van der Waals surface area contributed by atoms with E-state index in [0.29, 0.717) is 11.3 Å². The average Bonchev–Trinajstić information content (AvgIpc) is 3.12. The Balaban J connectivity index is 1.52. The predicted molar refractivity (Wildman–Crippen MR) is 99.8 cm³/mol. The van der Waals surface area contributed by atoms with E-state index in [4.69, 9.17) is 0 Å². The Morgan fingerprint density at radius 3 is 2.48 bits per heavy atom. The van der Waals surface area contributed by atoms with Crippen LogP contribution in [0, 0.1) is 0 Å². The van der Waals surface area contributed by atoms with Crippen molar-refractivity contribution in [3.05, 3.63) is 63.3 Å². The van der Waals surface area contributed by atoms with Gasteiger partial charge in [-0.1, -0.05) is 12.1 Å². The van der Waals surface area contributed by atoms with Gasteiger partial charge in [-0.15, -0.1) is 11.3 Å². The van der Waals surface area contributed by atoms with Crippen molar-refractivity contribution in [1.82, 2.24) is 9.88 Å². The normalized spacial score (nSPS) is 14.3. The van der Waals surface area contributed by atoms with Gasteiger partial charge in [-0.2, -0.15) is 24.5 Å². The van der Waals surface area contributed by atoms with Gasteiger partial charge in [0.2, 0.25) is 0 Å². The Hall–Kier alpha value is -2.19. The number of benzene rings is 1. The van der Waals surface area contributed by atoms with E-state index >= 15 is 0 Å². The van der Waals surface area contributed by atoms with Gasteiger partial charge in [-0.3, -0.25) is 4.79 Å². The second-order valence-electron chi connectivity index (χ2n) is 6.41. The molecule has 0 N–H and O–H groups in total. The van der Waals surface area contributed by atoms with Crippen molar-refractivity contribution in [2.45, 2.75) is 31.6 Å². The molecule has 2 heterocycles. The molecule has 3 nitrogen and oxygen atoms in total. The molecule has 1 aliphatic rings. The van der Waals surface area contributed by atoms with Gasteiger partial charge in [0.25, 0.3) is 5.91 Å². The maximum absolute atomic E-state index is 12.9. The Morgan fingerprint density at radius 1 is 1.15 bits per heavy atom. The average molecular weight is 408 g/mol. The highest BCUT2D eigenvalue weighted by Gasteiger charge is 2.34. The standard InChI is InChI=1S/C19H15F3N2OS2/c20-19(21,22)14-3-1-12(2-4-14)9-24(15-5-6-15)18(25)16-11-27-17(23-16)13-7-8-26-10-13/h1-4,7-8,10-11,15H,5-6,9H2. The fourth-order valence-electron chi connectivity index (χ4n) is 2.79. The highest BCUT2D eigenvalue weighted by atomic mass is 32.1. The van der Waals surface area contributed by atoms with E-state index < -0.39 is 11.7 Å². The molecule has 1 aromatic carbocycles. The van der Waals surface area contributed by atoms with Crippen molar-refractivity contribution < 1.29 is 18.0 Å². The highest BCUT2D eigenvalue weighted by Crippen LogP contribution is 2.33. The molecule has 0 radical (unpaired) electrons. The number of rotatable bonds is 5. The third kappa shape index (κ3) is 4.06. The summed E-state index contributed by atoms with van der Waals surface area (Å²) in [5, 5.41) is 6.48. The molecule has 140 valence electrons. The van der Waals surface area contributed by atoms with Crippen LogP contribution in [-0.2, 0) is 12.7 Å². The summed E-state index contributed by atoms with van der Waals surface area (Å²) in [6.07, 6.45) is -2.54. The largest absolute Gasteiger partial charge is 0.416 e. The summed E-state index contributed by atoms with van der Waals surface area (Å²) in [7, 11) is 0. The van der Waals surface area contributed by atoms with Crippen molar-refractivity contribution >= 4 is 28.6 Å². The molecule has 8 heteroatoms. The minimum atomic E-state index is -4.36. The minimum Gasteiger partial charge on any atom is -0.330 e. The molecule has 1 amide bonds. The lowest BCUT2D eigenvalue weighted by Gasteiger charge is -2.22. The fourth-order valence-corrected chi connectivity index (χ4v) is 4.29. The summed E-state index contributed by atoms with van der Waals surface area (Å²) >= 11 is 2.99. The van der Waals surface area contributed by atoms with Crippen LogP contribution in [-0.4, -0.2) is 21.8 Å². The van der Waals surface area contributed by atoms with Gasteiger partial charge in [-0.25, -0.2) is 4.98 Å². The highest BCUT2D eigenvalue weighted by molar-refractivity contribution is 7.14. The van der Waals surface area contributed by atoms with Crippen LogP contribution in [0.4, 0.5) is 13.2 Å². The summed E-state index contributed by atoms with van der Waals surface area (Å²) in [6, 6.07) is 7.07. The van der Waals surface area contributed by atoms with E-state index in [0.717, 1.165) is 35.5 Å². The monoisotopic (exact) mass is 408 g/mol. The molecule has 0 spiro atoms. The molecule has 3 aromatic rings. The number of aromatic nitrogens is 1. The molecule has 0 unspecified atom stereocenters. The number of thiophene rings is 1. The number of alkyl halides is 3. The number of nitrogens with zero attached hydrogens (tertiary/aromatic N) is 2. The van der Waals surface area contributed by atoms with Crippen LogP contribution in [0.2, 0.25) is 0 Å². The van der Waals surface area contributed by atoms with E-state index in [-0.39, 0.29) is 18.5 Å². The SMILES string of the molecule is O=C(c1csc(-c2ccsc2)n1)N(Cc1ccc(C(F)(F)F)cc1)C1CC1. The molecule has 0 aliphatic heterocycles. The first-order valence-corrected chi connectivity index (χ1v) is 10.2. The van der Waals surface area contributed by atoms with Gasteiger partial charge in [0.15, 0.2) is 0 Å². The molecule has 4 rings (SSSR count). The van der Waals surface area contributed by atoms with Crippen molar-refractivity contribution in [1.29, 1.82) is 0 Å². The lowest BCUT2D eigenvalue weighted by atomic mass is 10.1. The Labute approximate surface area is 162 Å². The summed E-state index contributed by atoms with van der Waals surface area (Å²) in [4.78, 5) is 19.1. The van der Waals surface area contributed by atoms with Crippen LogP contribution < -0.4 is 0 Å². The smallest absolute Gasteiger partial charge is 0.330 e. The molecule has 2 aromatic heterocycles. The third-order valence-corrected chi connectivity index (χ3v) is 5.95. The van der Waals surface area contributed by atoms with Gasteiger partial charge in [0, 0.05) is 28.9 Å². The Kier molecular flexibility index (Phi) is 4.77. The molecule has 0 bridgehead atoms. The number of carbonyl (C=O) groups excluding carboxylic acids is 1. The number of halogens is 3. The van der Waals surface area contributed by atoms with Crippen LogP contribution in [0.5, 0.6) is 0 Å². The zero-order valence-corrected chi connectivity index (χ0v) is 15.7. The molecule has 1 aliphatic carbocycles. The van der Waals surface area contributed by atoms with Crippen LogP contribution >= 0.6 is 22.7 Å². The lowest BCUT2D eigenvalue weighted by molar-refractivity contribution is -0.137. The maximum Gasteiger partial charge on any atom is 0.416 e. The predicted octanol–water partition coefficient (Wildman–Crippen LogP) is 5.70. The second kappa shape index (κ2) is 7.09. The zero-order valence-electron chi connectivity index (χ0n) is 14.1. The molecule has 1 fully saturated rings. The third-order valence-electron chi connectivity index (χ3n) is 4.37. The summed E-state index contributed by atoms with van der Waals surface area (Å²) in [6.45, 7) is 0.285. The van der Waals surface area contributed by atoms with Crippen LogP contribution in [0.15, 0.2) is 46.5 Å². The van der Waals surface area contributed by atoms with Gasteiger partial charge >= 0.3 is 6.18 Å². The van der Waals surface area contributed by atoms with Gasteiger partial charge in [-0.05, 0) is 42.0 Å². The van der Waals surface area contributed by atoms with Crippen molar-refractivity contribution in [2.75, 3.05) is 0 Å². The number of amides is 1. The van der Waals surface area contributed by atoms with E-state index in [2.05, 4.69) is 4.98 Å². The first kappa shape index (κ1) is 18.2. The summed E-state index contributed by atoms with van der Waals surface area (Å²) < 4.78 is 38.2. The molecule has 0 saturated heterocycles. The minimum absolute atomic E-state index is 0.131. The van der Waals surface area contributed by atoms with E-state index in [1.54, 1.807) is 21.6 Å². The number of hydrogen-bond donors (Lipinski definition) is 0. The molecule has 1 saturated carbocycles. The fraction of sp³-hybridized carbons (Fsp3) is 0.263. The van der Waals surface area contributed by atoms with Crippen LogP contribution in [0.1, 0.15) is 34.5 Å². The quantitative estimate of drug-likeness (QED) is 0.543. The van der Waals surface area contributed by atoms with Gasteiger partial charge < -0.3 is 4.90 Å². The van der Waals surface area contributed by atoms with Crippen molar-refractivity contribution in [2.24, 2.45) is 0 Å². The van der Waals surface area contributed by atoms with Crippen molar-refractivity contribution in [3.63, 3.8) is 0 Å². The summed E-state index contributed by atoms with van der Waals surface area (Å²) in [5.41, 5.74) is 1.37. The Bertz CT molecular complexity index is 929. The van der Waals surface area contributed by atoms with E-state index in [1.807, 2.05) is 16.8 Å². The topological polar surface area (TPSA) is 33.2 Å². The van der Waals surface area contributed by atoms with Gasteiger partial charge in [0.05, 0.1) is 5.56 Å². The number of carbonyl (C=O) groups is 1. The van der Waals surface area contributed by atoms with Crippen molar-refractivity contribution in [3.8, 4) is 10.6 Å². The molecule has 0 atom stereocenters. The first-order chi connectivity index (χ1) is 12.9. The van der Waals surface area contributed by atoms with E-state index in [1.165, 1.54) is 23.5 Å². The lowest BCUT2D eigenvalue weighted by Crippen LogP contribution is -2.32. The molecular formula is C19H15F3N2OS2. The molecule has 27 heavy (non-hydrogen) atoms. The molecular weight excluding hydrogens is 393 g/mol. The maximum atomic E-state index is 12.9. The first-order valence-electron chi connectivity index (χ1n) is 8.37. The van der Waals surface area contributed by atoms with Crippen LogP contribution in [0.25, 0.3) is 10.6 Å². The number of thiazole rings is 1. The van der Waals surface area contributed by atoms with Crippen LogP contribution in [0.3, 0.4) is 0 Å². The number of hydrogen-bond acceptors (Lipinski definition) is 4. The second-order valence-corrected chi connectivity index (χ2v) is 8.05. The zero-order chi connectivity index (χ0) is 19.0. The summed E-state index contributed by atoms with van der Waals surface area (Å²) in [5.74, 6) is -0.171. The Morgan fingerprint density at radius 2 is 1.89 bits per heavy atom. The van der Waals surface area contributed by atoms with Gasteiger partial charge in [0.1, 0.15) is 10.7 Å².